The van der Waals surface area contributed by atoms with Crippen LogP contribution in [0, 0.1) is 6.92 Å². The van der Waals surface area contributed by atoms with Crippen LogP contribution in [0.15, 0.2) is 18.2 Å². The molecule has 1 aromatic heterocycles. The Hall–Kier alpha value is -2.93. The number of esters is 1. The zero-order chi connectivity index (χ0) is 27.8. The molecule has 6 rings (SSSR count). The van der Waals surface area contributed by atoms with E-state index < -0.39 is 5.97 Å². The van der Waals surface area contributed by atoms with Gasteiger partial charge in [0.2, 0.25) is 0 Å². The third-order valence-corrected chi connectivity index (χ3v) is 9.50. The zero-order valence-corrected chi connectivity index (χ0v) is 24.3. The van der Waals surface area contributed by atoms with Gasteiger partial charge in [-0.15, -0.1) is 0 Å². The Morgan fingerprint density at radius 2 is 1.75 bits per heavy atom. The molecular weight excluding hydrogens is 502 g/mol. The van der Waals surface area contributed by atoms with Gasteiger partial charge in [-0.3, -0.25) is 14.7 Å². The first-order valence-electron chi connectivity index (χ1n) is 15.4. The van der Waals surface area contributed by atoms with Crippen LogP contribution in [0.25, 0.3) is 0 Å². The van der Waals surface area contributed by atoms with Gasteiger partial charge in [0.15, 0.2) is 0 Å². The molecule has 0 bridgehead atoms. The minimum Gasteiger partial charge on any atom is -0.494 e. The number of likely N-dealkylation sites (tertiary alicyclic amines) is 1. The second kappa shape index (κ2) is 11.5. The number of amides is 1. The fourth-order valence-corrected chi connectivity index (χ4v) is 7.28. The summed E-state index contributed by atoms with van der Waals surface area (Å²) in [5, 5.41) is 0. The molecule has 2 aliphatic heterocycles. The highest BCUT2D eigenvalue weighted by Crippen LogP contribution is 2.50. The lowest BCUT2D eigenvalue weighted by Crippen LogP contribution is -2.50. The van der Waals surface area contributed by atoms with Crippen molar-refractivity contribution < 1.29 is 19.1 Å². The molecule has 2 aliphatic carbocycles. The minimum atomic E-state index is -0.445. The van der Waals surface area contributed by atoms with Crippen LogP contribution in [-0.4, -0.2) is 66.1 Å². The number of piperidine rings is 1. The molecule has 3 heterocycles. The van der Waals surface area contributed by atoms with Gasteiger partial charge in [0.25, 0.3) is 5.91 Å². The minimum absolute atomic E-state index is 0.00436. The maximum absolute atomic E-state index is 13.5. The molecule has 1 amide bonds. The van der Waals surface area contributed by atoms with E-state index in [1.54, 1.807) is 18.6 Å². The van der Waals surface area contributed by atoms with E-state index in [-0.39, 0.29) is 11.9 Å². The first-order chi connectivity index (χ1) is 19.5. The smallest absolute Gasteiger partial charge is 0.339 e. The topological polar surface area (TPSA) is 72.0 Å². The van der Waals surface area contributed by atoms with Gasteiger partial charge in [0.1, 0.15) is 5.75 Å². The average molecular weight is 546 g/mol. The molecule has 1 saturated heterocycles. The van der Waals surface area contributed by atoms with E-state index in [0.29, 0.717) is 41.8 Å². The van der Waals surface area contributed by atoms with Crippen LogP contribution in [0.4, 0.5) is 0 Å². The maximum Gasteiger partial charge on any atom is 0.339 e. The average Bonchev–Trinajstić information content (AvgIpc) is 3.67. The highest BCUT2D eigenvalue weighted by atomic mass is 16.5. The van der Waals surface area contributed by atoms with Gasteiger partial charge in [0, 0.05) is 44.2 Å². The number of methoxy groups -OCH3 is 1. The maximum atomic E-state index is 13.5. The predicted molar refractivity (Wildman–Crippen MR) is 154 cm³/mol. The quantitative estimate of drug-likeness (QED) is 0.392. The van der Waals surface area contributed by atoms with Crippen molar-refractivity contribution in [2.24, 2.45) is 0 Å². The van der Waals surface area contributed by atoms with Gasteiger partial charge >= 0.3 is 5.97 Å². The van der Waals surface area contributed by atoms with Crippen molar-refractivity contribution >= 4 is 11.9 Å². The van der Waals surface area contributed by atoms with Crippen molar-refractivity contribution in [3.8, 4) is 5.75 Å². The van der Waals surface area contributed by atoms with E-state index >= 15 is 0 Å². The normalized spacial score (nSPS) is 20.6. The second-order valence-corrected chi connectivity index (χ2v) is 12.1. The number of benzene rings is 1. The highest BCUT2D eigenvalue weighted by Gasteiger charge is 2.35. The molecular formula is C33H43N3O4. The van der Waals surface area contributed by atoms with Crippen molar-refractivity contribution in [3.05, 3.63) is 57.4 Å². The van der Waals surface area contributed by atoms with Gasteiger partial charge in [-0.25, -0.2) is 4.79 Å². The third kappa shape index (κ3) is 5.37. The molecule has 0 radical (unpaired) electrons. The molecule has 214 valence electrons. The number of rotatable bonds is 8. The molecule has 2 aromatic rings. The number of aromatic nitrogens is 1. The lowest BCUT2D eigenvalue weighted by Gasteiger charge is -2.40. The molecule has 0 spiro atoms. The van der Waals surface area contributed by atoms with Crippen LogP contribution in [-0.2, 0) is 17.7 Å². The van der Waals surface area contributed by atoms with E-state index in [4.69, 9.17) is 9.47 Å². The molecule has 7 nitrogen and oxygen atoms in total. The molecule has 4 aliphatic rings. The number of fused-ring (bicyclic) bond motifs is 1. The summed E-state index contributed by atoms with van der Waals surface area (Å²) >= 11 is 0. The molecule has 2 saturated carbocycles. The van der Waals surface area contributed by atoms with Crippen LogP contribution in [0.5, 0.6) is 5.75 Å². The van der Waals surface area contributed by atoms with E-state index in [1.807, 2.05) is 4.90 Å². The lowest BCUT2D eigenvalue weighted by molar-refractivity contribution is 0.0543. The lowest BCUT2D eigenvalue weighted by atomic mass is 9.88. The van der Waals surface area contributed by atoms with Crippen molar-refractivity contribution in [2.75, 3.05) is 33.4 Å². The van der Waals surface area contributed by atoms with Gasteiger partial charge in [0.05, 0.1) is 36.2 Å². The Balaban J connectivity index is 1.14. The summed E-state index contributed by atoms with van der Waals surface area (Å²) < 4.78 is 11.2. The first kappa shape index (κ1) is 27.3. The SMILES string of the molecule is CCOc1cc(CN2CCC(N3CCc4nc(C)c(C(=O)OC)cc4C3=O)CC2)cc(C2CC2)c1C1CCCC1. The largest absolute Gasteiger partial charge is 0.494 e. The highest BCUT2D eigenvalue weighted by molar-refractivity contribution is 6.00. The monoisotopic (exact) mass is 545 g/mol. The summed E-state index contributed by atoms with van der Waals surface area (Å²) in [6.07, 6.45) is 10.5. The molecule has 0 unspecified atom stereocenters. The first-order valence-corrected chi connectivity index (χ1v) is 15.4. The molecule has 40 heavy (non-hydrogen) atoms. The summed E-state index contributed by atoms with van der Waals surface area (Å²) in [6.45, 7) is 8.15. The number of carbonyl (C=O) groups excluding carboxylic acids is 2. The number of aryl methyl sites for hydroxylation is 1. The van der Waals surface area contributed by atoms with Crippen molar-refractivity contribution in [3.63, 3.8) is 0 Å². The van der Waals surface area contributed by atoms with Crippen LogP contribution in [0.3, 0.4) is 0 Å². The van der Waals surface area contributed by atoms with Crippen LogP contribution in [0.2, 0.25) is 0 Å². The number of pyridine rings is 1. The molecule has 7 heteroatoms. The van der Waals surface area contributed by atoms with E-state index in [1.165, 1.54) is 56.8 Å². The Bertz CT molecular complexity index is 1270. The van der Waals surface area contributed by atoms with Crippen molar-refractivity contribution in [1.29, 1.82) is 0 Å². The fourth-order valence-electron chi connectivity index (χ4n) is 7.28. The second-order valence-electron chi connectivity index (χ2n) is 12.1. The van der Waals surface area contributed by atoms with E-state index in [9.17, 15) is 9.59 Å². The Morgan fingerprint density at radius 3 is 2.42 bits per heavy atom. The fraction of sp³-hybridized carbons (Fsp3) is 0.606. The van der Waals surface area contributed by atoms with Crippen molar-refractivity contribution in [2.45, 2.75) is 96.1 Å². The summed E-state index contributed by atoms with van der Waals surface area (Å²) in [5.74, 6) is 2.06. The summed E-state index contributed by atoms with van der Waals surface area (Å²) in [4.78, 5) is 34.9. The number of nitrogens with zero attached hydrogens (tertiary/aromatic N) is 3. The molecule has 0 N–H and O–H groups in total. The molecule has 0 atom stereocenters. The number of hydrogen-bond acceptors (Lipinski definition) is 6. The summed E-state index contributed by atoms with van der Waals surface area (Å²) in [6, 6.07) is 6.73. The van der Waals surface area contributed by atoms with Gasteiger partial charge in [-0.2, -0.15) is 0 Å². The standard InChI is InChI=1S/C33H43N3O4/c1-4-40-30-18-22(17-27(23-9-10-23)31(30)24-7-5-6-8-24)20-35-14-11-25(12-15-35)36-16-13-29-28(32(36)37)19-26(21(2)34-29)33(38)39-3/h17-19,23-25H,4-16,20H2,1-3H3. The zero-order valence-electron chi connectivity index (χ0n) is 24.3. The van der Waals surface area contributed by atoms with Gasteiger partial charge in [-0.05, 0) is 87.5 Å². The number of hydrogen-bond donors (Lipinski definition) is 0. The third-order valence-electron chi connectivity index (χ3n) is 9.50. The van der Waals surface area contributed by atoms with Gasteiger partial charge in [-0.1, -0.05) is 18.9 Å². The van der Waals surface area contributed by atoms with Crippen molar-refractivity contribution in [1.82, 2.24) is 14.8 Å². The van der Waals surface area contributed by atoms with Crippen LogP contribution in [0.1, 0.15) is 119 Å². The van der Waals surface area contributed by atoms with E-state index in [0.717, 1.165) is 50.3 Å². The summed E-state index contributed by atoms with van der Waals surface area (Å²) in [5.41, 5.74) is 6.80. The Morgan fingerprint density at radius 1 is 1.00 bits per heavy atom. The molecule has 3 fully saturated rings. The Kier molecular flexibility index (Phi) is 7.84. The number of ether oxygens (including phenoxy) is 2. The van der Waals surface area contributed by atoms with E-state index in [2.05, 4.69) is 28.9 Å². The predicted octanol–water partition coefficient (Wildman–Crippen LogP) is 5.77. The number of carbonyl (C=O) groups is 2. The Labute approximate surface area is 238 Å². The van der Waals surface area contributed by atoms with Crippen LogP contribution < -0.4 is 4.74 Å². The van der Waals surface area contributed by atoms with Gasteiger partial charge < -0.3 is 14.4 Å². The molecule has 1 aromatic carbocycles. The summed E-state index contributed by atoms with van der Waals surface area (Å²) in [7, 11) is 1.36. The van der Waals surface area contributed by atoms with Crippen LogP contribution >= 0.6 is 0 Å².